The molecule has 0 saturated heterocycles. The van der Waals surface area contributed by atoms with Crippen molar-refractivity contribution in [3.8, 4) is 151 Å². The molecule has 0 amide bonds. The van der Waals surface area contributed by atoms with Gasteiger partial charge in [-0.05, 0) is 252 Å². The van der Waals surface area contributed by atoms with Crippen molar-refractivity contribution in [2.45, 2.75) is 62.3 Å². The molecule has 18 aromatic rings. The van der Waals surface area contributed by atoms with Gasteiger partial charge in [0.05, 0.1) is 29.6 Å². The number of benzene rings is 12. The molecule has 6 heterocycles. The fraction of sp³-hybridized carbons (Fsp3) is 0.0796. The van der Waals surface area contributed by atoms with Gasteiger partial charge in [-0.3, -0.25) is 29.9 Å². The van der Waals surface area contributed by atoms with Gasteiger partial charge < -0.3 is 0 Å². The van der Waals surface area contributed by atoms with E-state index in [4.69, 9.17) is 11.8 Å². The average molecular weight is 1560 g/mol. The molecule has 8 nitrogen and oxygen atoms in total. The summed E-state index contributed by atoms with van der Waals surface area (Å²) < 4.78 is 0. The van der Waals surface area contributed by atoms with Crippen LogP contribution in [0.15, 0.2) is 396 Å². The third-order valence-corrected chi connectivity index (χ3v) is 21.2. The normalized spacial score (nSPS) is 10.5. The van der Waals surface area contributed by atoms with Crippen LogP contribution in [0, 0.1) is 80.2 Å². The van der Waals surface area contributed by atoms with Gasteiger partial charge in [-0.15, -0.1) is 0 Å². The van der Waals surface area contributed by atoms with E-state index in [0.717, 1.165) is 50.3 Å². The summed E-state index contributed by atoms with van der Waals surface area (Å²) >= 11 is 0. The lowest BCUT2D eigenvalue weighted by Crippen LogP contribution is -1.93. The second-order valence-electron chi connectivity index (χ2n) is 30.3. The van der Waals surface area contributed by atoms with Crippen molar-refractivity contribution in [1.82, 2.24) is 29.9 Å². The highest BCUT2D eigenvalue weighted by Gasteiger charge is 2.20. The van der Waals surface area contributed by atoms with Gasteiger partial charge in [0.25, 0.3) is 0 Å². The first-order valence-electron chi connectivity index (χ1n) is 40.5. The topological polar surface area (TPSA) is 105 Å². The lowest BCUT2D eigenvalue weighted by Gasteiger charge is -2.16. The number of aromatic nitrogens is 6. The minimum absolute atomic E-state index is 0.590. The summed E-state index contributed by atoms with van der Waals surface area (Å²) in [5.41, 5.74) is 42.5. The van der Waals surface area contributed by atoms with E-state index in [0.29, 0.717) is 11.3 Å². The first-order valence-corrected chi connectivity index (χ1v) is 40.5. The number of hydrogen-bond acceptors (Lipinski definition) is 7. The molecule has 0 radical (unpaired) electrons. The standard InChI is InChI=1S/C26H22.3C24H20N2.C15H10N2/c1-19-13-15-23(25(17-19)21-9-5-3-6-10-21)24-16-14-20(2)18-26(24)22-11-7-4-8-12-22;1-17-3-5-21(23(15-17)19-7-11-25-12-8-19)22-6-4-18(2)16-24(22)20-9-13-26-14-10-20;1-17-7-9-21(23(13-17)19-5-3-11-25-15-19)22-10-8-18(2)14-24(22)20-6-4-12-26-16-20;1-17-9-11-19(21(15-17)23-7-3-5-13-25-23)20-12-10-18(2)16-22(20)24-8-4-6-14-26-24;1-11-7-8-14(15(9-11)17-2)13-6-4-3-5-12(13)10-16/h3-18H,1-2H3;3*3-16H,1-2H3;3-9H,1H3. The summed E-state index contributed by atoms with van der Waals surface area (Å²) in [5, 5.41) is 9.07. The zero-order chi connectivity index (χ0) is 84.0. The van der Waals surface area contributed by atoms with Crippen LogP contribution in [0.4, 0.5) is 5.69 Å². The first-order chi connectivity index (χ1) is 59.1. The van der Waals surface area contributed by atoms with Crippen molar-refractivity contribution in [2.75, 3.05) is 0 Å². The number of pyridine rings is 6. The summed E-state index contributed by atoms with van der Waals surface area (Å²) in [7, 11) is 0. The second kappa shape index (κ2) is 39.4. The SMILES string of the molecule is Cc1ccc(-c2ccc(C)cc2-c2ccccc2)c(-c2ccccc2)c1.Cc1ccc(-c2ccc(C)cc2-c2ccccn2)c(-c2ccccn2)c1.Cc1ccc(-c2ccc(C)cc2-c2cccnc2)c(-c2cccnc2)c1.Cc1ccc(-c2ccc(C)cc2-c2ccncc2)c(-c2ccncc2)c1.[C-]#[N+]c1cc(C)ccc1-c1ccccc1C#N. The molecular formula is C113H92N8. The van der Waals surface area contributed by atoms with Gasteiger partial charge in [-0.25, -0.2) is 4.85 Å². The zero-order valence-electron chi connectivity index (χ0n) is 69.6. The highest BCUT2D eigenvalue weighted by Crippen LogP contribution is 2.44. The van der Waals surface area contributed by atoms with E-state index in [2.05, 4.69) is 351 Å². The van der Waals surface area contributed by atoms with Crippen LogP contribution in [0.25, 0.3) is 150 Å². The highest BCUT2D eigenvalue weighted by atomic mass is 14.7. The number of aryl methyl sites for hydroxylation is 9. The molecule has 584 valence electrons. The Hall–Kier alpha value is -15.5. The predicted molar refractivity (Wildman–Crippen MR) is 503 cm³/mol. The Morgan fingerprint density at radius 1 is 0.215 bits per heavy atom. The molecule has 0 atom stereocenters. The predicted octanol–water partition coefficient (Wildman–Crippen LogP) is 29.7. The maximum absolute atomic E-state index is 9.07. The van der Waals surface area contributed by atoms with Crippen LogP contribution in [0.1, 0.15) is 55.6 Å². The van der Waals surface area contributed by atoms with Gasteiger partial charge in [-0.1, -0.05) is 305 Å². The molecule has 0 unspecified atom stereocenters. The van der Waals surface area contributed by atoms with E-state index in [1.807, 2.05) is 142 Å². The monoisotopic (exact) mass is 1560 g/mol. The Kier molecular flexibility index (Phi) is 26.7. The van der Waals surface area contributed by atoms with Gasteiger partial charge in [0.2, 0.25) is 0 Å². The molecular weight excluding hydrogens is 1470 g/mol. The minimum atomic E-state index is 0.590. The zero-order valence-corrected chi connectivity index (χ0v) is 69.6. The summed E-state index contributed by atoms with van der Waals surface area (Å²) in [6.45, 7) is 26.2. The molecule has 0 bridgehead atoms. The van der Waals surface area contributed by atoms with Gasteiger partial charge in [0.1, 0.15) is 0 Å². The smallest absolute Gasteiger partial charge is 0.195 e. The minimum Gasteiger partial charge on any atom is -0.265 e. The summed E-state index contributed by atoms with van der Waals surface area (Å²) in [6.07, 6.45) is 18.6. The van der Waals surface area contributed by atoms with Crippen molar-refractivity contribution in [2.24, 2.45) is 0 Å². The van der Waals surface area contributed by atoms with Crippen molar-refractivity contribution >= 4 is 5.69 Å². The van der Waals surface area contributed by atoms with Gasteiger partial charge in [0, 0.05) is 84.2 Å². The third kappa shape index (κ3) is 20.3. The van der Waals surface area contributed by atoms with Crippen LogP contribution in [0.5, 0.6) is 0 Å². The summed E-state index contributed by atoms with van der Waals surface area (Å²) in [4.78, 5) is 29.6. The van der Waals surface area contributed by atoms with E-state index in [1.165, 1.54) is 145 Å². The van der Waals surface area contributed by atoms with Crippen LogP contribution in [0.3, 0.4) is 0 Å². The Balaban J connectivity index is 0.000000125. The maximum atomic E-state index is 9.07. The van der Waals surface area contributed by atoms with Gasteiger partial charge in [-0.2, -0.15) is 5.26 Å². The van der Waals surface area contributed by atoms with Gasteiger partial charge >= 0.3 is 0 Å². The number of hydrogen-bond donors (Lipinski definition) is 0. The molecule has 8 heteroatoms. The van der Waals surface area contributed by atoms with E-state index in [1.54, 1.807) is 6.07 Å². The van der Waals surface area contributed by atoms with Crippen LogP contribution < -0.4 is 0 Å². The average Bonchev–Trinajstić information content (AvgIpc) is 0.794. The molecule has 0 aliphatic rings. The maximum Gasteiger partial charge on any atom is 0.195 e. The lowest BCUT2D eigenvalue weighted by atomic mass is 9.88. The van der Waals surface area contributed by atoms with Gasteiger partial charge in [0.15, 0.2) is 5.69 Å². The van der Waals surface area contributed by atoms with Crippen molar-refractivity contribution in [1.29, 1.82) is 5.26 Å². The molecule has 0 fully saturated rings. The first kappa shape index (κ1) is 82.1. The molecule has 0 spiro atoms. The molecule has 6 aromatic heterocycles. The van der Waals surface area contributed by atoms with E-state index in [-0.39, 0.29) is 0 Å². The lowest BCUT2D eigenvalue weighted by molar-refractivity contribution is 1.31. The van der Waals surface area contributed by atoms with E-state index < -0.39 is 0 Å². The molecule has 121 heavy (non-hydrogen) atoms. The number of nitriles is 1. The molecule has 18 rings (SSSR count). The van der Waals surface area contributed by atoms with Crippen molar-refractivity contribution in [3.05, 3.63) is 463 Å². The number of rotatable bonds is 13. The molecule has 0 aliphatic heterocycles. The molecule has 0 N–H and O–H groups in total. The Morgan fingerprint density at radius 2 is 0.488 bits per heavy atom. The van der Waals surface area contributed by atoms with Crippen LogP contribution in [0.2, 0.25) is 0 Å². The van der Waals surface area contributed by atoms with E-state index >= 15 is 0 Å². The molecule has 12 aromatic carbocycles. The van der Waals surface area contributed by atoms with Crippen LogP contribution in [-0.4, -0.2) is 29.9 Å². The summed E-state index contributed by atoms with van der Waals surface area (Å²) in [6, 6.07) is 118. The molecule has 0 aliphatic carbocycles. The Labute approximate surface area is 712 Å². The van der Waals surface area contributed by atoms with Crippen LogP contribution in [-0.2, 0) is 0 Å². The van der Waals surface area contributed by atoms with Crippen LogP contribution >= 0.6 is 0 Å². The van der Waals surface area contributed by atoms with E-state index in [9.17, 15) is 0 Å². The fourth-order valence-corrected chi connectivity index (χ4v) is 15.2. The largest absolute Gasteiger partial charge is 0.265 e. The Bertz CT molecular complexity index is 5620. The second-order valence-corrected chi connectivity index (χ2v) is 30.3. The highest BCUT2D eigenvalue weighted by molar-refractivity contribution is 5.96. The fourth-order valence-electron chi connectivity index (χ4n) is 15.2. The third-order valence-electron chi connectivity index (χ3n) is 21.2. The van der Waals surface area contributed by atoms with Crippen molar-refractivity contribution < 1.29 is 0 Å². The Morgan fingerprint density at radius 3 is 0.793 bits per heavy atom. The van der Waals surface area contributed by atoms with Crippen molar-refractivity contribution in [3.63, 3.8) is 0 Å². The summed E-state index contributed by atoms with van der Waals surface area (Å²) in [5.74, 6) is 0. The molecule has 0 saturated carbocycles. The number of nitrogens with zero attached hydrogens (tertiary/aromatic N) is 8. The quantitative estimate of drug-likeness (QED) is 0.106.